The molecule has 0 radical (unpaired) electrons. The zero-order valence-corrected chi connectivity index (χ0v) is 59.9. The van der Waals surface area contributed by atoms with E-state index in [2.05, 4.69) is 0 Å². The van der Waals surface area contributed by atoms with Gasteiger partial charge < -0.3 is 29.3 Å². The summed E-state index contributed by atoms with van der Waals surface area (Å²) in [6.07, 6.45) is 0. The number of benzene rings is 6. The standard InChI is InChI=1S/2C23H11Cl4I3O5.2Na/c2*1-5(2)6-3-7-10(11-12(23(33)34)14(25)16(27)15(26)13(11)24)8-4-9(28)20(32)18(30)22(8)35-21(7)17(29)19(6)31;;/h2*3-5,31H,1-2H3,(H,33,34);;/q;;2*+1/p-2. The molecular weight excluding hydrogens is 1800 g/mol. The molecule has 4 aromatic carbocycles. The topological polar surface area (TPSA) is 181 Å². The van der Waals surface area contributed by atoms with Crippen LogP contribution in [0.5, 0.6) is 11.5 Å². The fraction of sp³-hybridized carbons (Fsp3) is 0.130. The molecular formula is C46H20Cl8I6Na2O10. The second kappa shape index (κ2) is 25.1. The molecule has 0 aromatic heterocycles. The Balaban J connectivity index is 0.000000260. The average molecular weight is 1820 g/mol. The maximum Gasteiger partial charge on any atom is 1.00 e. The molecule has 2 aliphatic carbocycles. The third-order valence-electron chi connectivity index (χ3n) is 10.9. The van der Waals surface area contributed by atoms with Gasteiger partial charge >= 0.3 is 71.1 Å². The molecule has 8 rings (SSSR count). The van der Waals surface area contributed by atoms with Crippen molar-refractivity contribution < 1.29 is 98.0 Å². The van der Waals surface area contributed by atoms with Gasteiger partial charge in [0.05, 0.1) is 58.4 Å². The summed E-state index contributed by atoms with van der Waals surface area (Å²) in [6, 6.07) is 6.49. The van der Waals surface area contributed by atoms with Crippen molar-refractivity contribution in [1.82, 2.24) is 0 Å². The van der Waals surface area contributed by atoms with E-state index in [9.17, 15) is 39.6 Å². The van der Waals surface area contributed by atoms with E-state index in [4.69, 9.17) is 102 Å². The van der Waals surface area contributed by atoms with Crippen molar-refractivity contribution in [3.8, 4) is 56.4 Å². The fourth-order valence-corrected chi connectivity index (χ4v) is 14.7. The van der Waals surface area contributed by atoms with Crippen molar-refractivity contribution in [3.63, 3.8) is 0 Å². The van der Waals surface area contributed by atoms with E-state index in [1.807, 2.05) is 163 Å². The van der Waals surface area contributed by atoms with Gasteiger partial charge in [0.1, 0.15) is 18.3 Å². The van der Waals surface area contributed by atoms with E-state index in [1.54, 1.807) is 24.3 Å². The summed E-state index contributed by atoms with van der Waals surface area (Å²) in [5.74, 6) is -3.11. The Labute approximate surface area is 574 Å². The van der Waals surface area contributed by atoms with Gasteiger partial charge in [-0.15, -0.1) is 0 Å². The zero-order valence-electron chi connectivity index (χ0n) is 36.9. The second-order valence-corrected chi connectivity index (χ2v) is 25.3. The quantitative estimate of drug-likeness (QED) is 0.0534. The summed E-state index contributed by atoms with van der Waals surface area (Å²) in [6.45, 7) is 7.49. The number of hydrogen-bond donors (Lipinski definition) is 2. The van der Waals surface area contributed by atoms with Crippen LogP contribution >= 0.6 is 228 Å². The van der Waals surface area contributed by atoms with Gasteiger partial charge in [-0.3, -0.25) is 9.59 Å². The van der Waals surface area contributed by atoms with Crippen LogP contribution in [-0.2, 0) is 0 Å². The molecule has 2 N–H and O–H groups in total. The molecule has 2 aliphatic heterocycles. The molecule has 4 aliphatic rings. The van der Waals surface area contributed by atoms with Crippen LogP contribution in [0.4, 0.5) is 0 Å². The third-order valence-corrected chi connectivity index (χ3v) is 20.0. The first-order chi connectivity index (χ1) is 32.6. The number of aromatic carboxylic acids is 2. The van der Waals surface area contributed by atoms with Gasteiger partial charge in [-0.05, 0) is 172 Å². The second-order valence-electron chi connectivity index (χ2n) is 15.6. The predicted molar refractivity (Wildman–Crippen MR) is 326 cm³/mol. The molecule has 0 spiro atoms. The number of carboxylic acid groups (broad SMARTS) is 2. The van der Waals surface area contributed by atoms with Crippen molar-refractivity contribution in [3.05, 3.63) is 129 Å². The van der Waals surface area contributed by atoms with Gasteiger partial charge in [0.15, 0.2) is 11.5 Å². The van der Waals surface area contributed by atoms with Crippen LogP contribution in [0.2, 0.25) is 40.2 Å². The molecule has 364 valence electrons. The first kappa shape index (κ1) is 64.3. The average Bonchev–Trinajstić information content (AvgIpc) is 3.29. The number of rotatable bonds is 6. The molecule has 2 heterocycles. The first-order valence-electron chi connectivity index (χ1n) is 19.3. The smallest absolute Gasteiger partial charge is 0.871 e. The van der Waals surface area contributed by atoms with E-state index < -0.39 is 11.9 Å². The summed E-state index contributed by atoms with van der Waals surface area (Å²) < 4.78 is 14.2. The van der Waals surface area contributed by atoms with Crippen LogP contribution in [0.1, 0.15) is 71.4 Å². The Bertz CT molecular complexity index is 3480. The summed E-state index contributed by atoms with van der Waals surface area (Å²) >= 11 is 62.5. The Morgan fingerprint density at radius 1 is 0.486 bits per heavy atom. The Morgan fingerprint density at radius 3 is 1.06 bits per heavy atom. The van der Waals surface area contributed by atoms with E-state index in [1.165, 1.54) is 0 Å². The molecule has 0 atom stereocenters. The maximum absolute atomic E-state index is 13.1. The molecule has 10 nitrogen and oxygen atoms in total. The van der Waals surface area contributed by atoms with Crippen molar-refractivity contribution in [2.24, 2.45) is 0 Å². The molecule has 0 amide bonds. The van der Waals surface area contributed by atoms with Crippen LogP contribution in [0.15, 0.2) is 42.7 Å². The Kier molecular flexibility index (Phi) is 22.4. The largest absolute Gasteiger partial charge is 1.00 e. The summed E-state index contributed by atoms with van der Waals surface area (Å²) in [7, 11) is 0. The van der Waals surface area contributed by atoms with Gasteiger partial charge in [-0.2, -0.15) is 0 Å². The van der Waals surface area contributed by atoms with Crippen LogP contribution in [0.25, 0.3) is 66.8 Å². The summed E-state index contributed by atoms with van der Waals surface area (Å²) in [4.78, 5) is 50.3. The van der Waals surface area contributed by atoms with Crippen molar-refractivity contribution in [2.45, 2.75) is 39.5 Å². The normalized spacial score (nSPS) is 11.4. The number of halogens is 14. The van der Waals surface area contributed by atoms with E-state index in [-0.39, 0.29) is 193 Å². The minimum atomic E-state index is -1.38. The molecule has 26 heteroatoms. The molecule has 4 aromatic rings. The monoisotopic (exact) mass is 1820 g/mol. The van der Waals surface area contributed by atoms with E-state index >= 15 is 0 Å². The number of fused-ring (bicyclic) bond motifs is 4. The summed E-state index contributed by atoms with van der Waals surface area (Å²) in [5, 5.41) is 45.8. The zero-order chi connectivity index (χ0) is 52.2. The number of carboxylic acids is 2. The third kappa shape index (κ3) is 11.3. The molecule has 0 saturated heterocycles. The van der Waals surface area contributed by atoms with Crippen molar-refractivity contribution in [2.75, 3.05) is 0 Å². The minimum Gasteiger partial charge on any atom is -0.871 e. The molecule has 0 fully saturated rings. The van der Waals surface area contributed by atoms with E-state index in [0.717, 1.165) is 0 Å². The molecule has 72 heavy (non-hydrogen) atoms. The molecule has 0 saturated carbocycles. The Morgan fingerprint density at radius 2 is 0.778 bits per heavy atom. The van der Waals surface area contributed by atoms with Crippen LogP contribution < -0.4 is 80.2 Å². The van der Waals surface area contributed by atoms with E-state index in [0.29, 0.717) is 51.3 Å². The van der Waals surface area contributed by atoms with Gasteiger partial charge in [0.2, 0.25) is 10.9 Å². The van der Waals surface area contributed by atoms with Gasteiger partial charge in [0.25, 0.3) is 0 Å². The van der Waals surface area contributed by atoms with Crippen LogP contribution in [0.3, 0.4) is 0 Å². The Hall–Kier alpha value is 1.50. The van der Waals surface area contributed by atoms with Gasteiger partial charge in [-0.25, -0.2) is 9.59 Å². The van der Waals surface area contributed by atoms with Crippen molar-refractivity contribution in [1.29, 1.82) is 0 Å². The predicted octanol–water partition coefficient (Wildman–Crippen LogP) is 11.8. The molecule has 0 unspecified atom stereocenters. The minimum absolute atomic E-state index is 0. The van der Waals surface area contributed by atoms with Crippen LogP contribution in [0, 0.1) is 21.4 Å². The maximum atomic E-state index is 13.1. The summed E-state index contributed by atoms with van der Waals surface area (Å²) in [5.41, 5.74) is 1.63. The molecule has 0 bridgehead atoms. The number of hydrogen-bond acceptors (Lipinski definition) is 8. The van der Waals surface area contributed by atoms with Gasteiger partial charge in [0, 0.05) is 51.3 Å². The number of carbonyl (C=O) groups is 2. The first-order valence-corrected chi connectivity index (χ1v) is 28.8. The van der Waals surface area contributed by atoms with Gasteiger partial charge in [-0.1, -0.05) is 143 Å². The van der Waals surface area contributed by atoms with Crippen LogP contribution in [-0.4, -0.2) is 22.2 Å². The van der Waals surface area contributed by atoms with Crippen molar-refractivity contribution >= 4 is 262 Å². The SMILES string of the molecule is CC(C)c1cc2c(-c3c(Cl)c(Cl)c(Cl)c(Cl)c3C(=O)O)c3cc(I)c(=O)c(I)c-3oc2c(I)c1[O-].CC(C)c1cc2c(-c3c(Cl)c(Cl)c(Cl)c(Cl)c3C(=O)O)c3cc(I)c(=O)c(I)c-3oc2c(I)c1[O-].[Na+].[Na+]. The fourth-order valence-electron chi connectivity index (χ4n) is 7.60.